The number of aromatic nitrogens is 1. The molecule has 0 aliphatic heterocycles. The SMILES string of the molecule is Cc1oc(C(C)(C)C)nc1CCl. The Morgan fingerprint density at radius 1 is 1.42 bits per heavy atom. The molecule has 0 saturated heterocycles. The summed E-state index contributed by atoms with van der Waals surface area (Å²) in [5.41, 5.74) is 0.816. The minimum absolute atomic E-state index is 0.0327. The monoisotopic (exact) mass is 187 g/mol. The summed E-state index contributed by atoms with van der Waals surface area (Å²) in [4.78, 5) is 4.30. The first-order chi connectivity index (χ1) is 5.45. The Hall–Kier alpha value is -0.500. The van der Waals surface area contributed by atoms with Crippen LogP contribution in [0.4, 0.5) is 0 Å². The molecule has 0 aromatic carbocycles. The van der Waals surface area contributed by atoms with Gasteiger partial charge in [0.1, 0.15) is 5.76 Å². The lowest BCUT2D eigenvalue weighted by molar-refractivity contribution is 0.380. The van der Waals surface area contributed by atoms with E-state index in [0.717, 1.165) is 17.3 Å². The van der Waals surface area contributed by atoms with Gasteiger partial charge in [0.15, 0.2) is 5.89 Å². The Balaban J connectivity index is 3.05. The molecule has 68 valence electrons. The molecule has 0 fully saturated rings. The zero-order valence-electron chi connectivity index (χ0n) is 7.94. The van der Waals surface area contributed by atoms with Gasteiger partial charge in [-0.2, -0.15) is 0 Å². The average Bonchev–Trinajstić information content (AvgIpc) is 2.29. The van der Waals surface area contributed by atoms with E-state index in [9.17, 15) is 0 Å². The van der Waals surface area contributed by atoms with Crippen LogP contribution in [0.25, 0.3) is 0 Å². The highest BCUT2D eigenvalue weighted by molar-refractivity contribution is 6.16. The summed E-state index contributed by atoms with van der Waals surface area (Å²) in [5, 5.41) is 0. The van der Waals surface area contributed by atoms with E-state index in [4.69, 9.17) is 16.0 Å². The number of alkyl halides is 1. The van der Waals surface area contributed by atoms with Gasteiger partial charge in [0.2, 0.25) is 0 Å². The summed E-state index contributed by atoms with van der Waals surface area (Å²) in [6, 6.07) is 0. The predicted octanol–water partition coefficient (Wildman–Crippen LogP) is 3.02. The first kappa shape index (κ1) is 9.59. The van der Waals surface area contributed by atoms with Gasteiger partial charge in [0.25, 0.3) is 0 Å². The van der Waals surface area contributed by atoms with Gasteiger partial charge in [-0.15, -0.1) is 11.6 Å². The van der Waals surface area contributed by atoms with E-state index in [1.807, 2.05) is 6.92 Å². The Morgan fingerprint density at radius 2 is 2.00 bits per heavy atom. The minimum Gasteiger partial charge on any atom is -0.445 e. The summed E-state index contributed by atoms with van der Waals surface area (Å²) in [7, 11) is 0. The molecule has 3 heteroatoms. The second-order valence-electron chi connectivity index (χ2n) is 3.91. The lowest BCUT2D eigenvalue weighted by Gasteiger charge is -2.11. The Bertz CT molecular complexity index is 273. The van der Waals surface area contributed by atoms with Gasteiger partial charge >= 0.3 is 0 Å². The molecule has 0 amide bonds. The number of nitrogens with zero attached hydrogens (tertiary/aromatic N) is 1. The van der Waals surface area contributed by atoms with Crippen LogP contribution in [0.15, 0.2) is 4.42 Å². The van der Waals surface area contributed by atoms with E-state index in [1.54, 1.807) is 0 Å². The van der Waals surface area contributed by atoms with E-state index < -0.39 is 0 Å². The van der Waals surface area contributed by atoms with Crippen LogP contribution < -0.4 is 0 Å². The van der Waals surface area contributed by atoms with Gasteiger partial charge in [0, 0.05) is 5.41 Å². The molecule has 1 aromatic rings. The summed E-state index contributed by atoms with van der Waals surface area (Å²) < 4.78 is 5.47. The van der Waals surface area contributed by atoms with Gasteiger partial charge in [-0.1, -0.05) is 20.8 Å². The molecular weight excluding hydrogens is 174 g/mol. The van der Waals surface area contributed by atoms with Crippen LogP contribution in [0, 0.1) is 6.92 Å². The Kier molecular flexibility index (Phi) is 2.47. The summed E-state index contributed by atoms with van der Waals surface area (Å²) in [6.45, 7) is 8.09. The minimum atomic E-state index is -0.0327. The second kappa shape index (κ2) is 3.09. The van der Waals surface area contributed by atoms with E-state index in [0.29, 0.717) is 5.88 Å². The normalized spacial score (nSPS) is 12.1. The van der Waals surface area contributed by atoms with Crippen molar-refractivity contribution in [2.24, 2.45) is 0 Å². The lowest BCUT2D eigenvalue weighted by Crippen LogP contribution is -2.11. The molecule has 0 spiro atoms. The molecule has 1 rings (SSSR count). The fraction of sp³-hybridized carbons (Fsp3) is 0.667. The molecule has 0 aliphatic rings. The van der Waals surface area contributed by atoms with Crippen LogP contribution in [0.3, 0.4) is 0 Å². The average molecular weight is 188 g/mol. The van der Waals surface area contributed by atoms with Gasteiger partial charge in [-0.25, -0.2) is 4.98 Å². The van der Waals surface area contributed by atoms with E-state index in [1.165, 1.54) is 0 Å². The van der Waals surface area contributed by atoms with Crippen molar-refractivity contribution in [1.29, 1.82) is 0 Å². The molecule has 12 heavy (non-hydrogen) atoms. The maximum absolute atomic E-state index is 5.67. The largest absolute Gasteiger partial charge is 0.445 e. The van der Waals surface area contributed by atoms with Gasteiger partial charge in [-0.3, -0.25) is 0 Å². The molecule has 0 aliphatic carbocycles. The zero-order chi connectivity index (χ0) is 9.35. The van der Waals surface area contributed by atoms with Crippen LogP contribution in [-0.2, 0) is 11.3 Å². The number of hydrogen-bond acceptors (Lipinski definition) is 2. The van der Waals surface area contributed by atoms with Crippen molar-refractivity contribution in [2.45, 2.75) is 39.0 Å². The first-order valence-electron chi connectivity index (χ1n) is 3.98. The highest BCUT2D eigenvalue weighted by Crippen LogP contribution is 2.24. The second-order valence-corrected chi connectivity index (χ2v) is 4.17. The smallest absolute Gasteiger partial charge is 0.200 e. The van der Waals surface area contributed by atoms with Gasteiger partial charge in [-0.05, 0) is 6.92 Å². The summed E-state index contributed by atoms with van der Waals surface area (Å²) in [6.07, 6.45) is 0. The third kappa shape index (κ3) is 1.81. The van der Waals surface area contributed by atoms with Crippen LogP contribution in [-0.4, -0.2) is 4.98 Å². The summed E-state index contributed by atoms with van der Waals surface area (Å²) >= 11 is 5.67. The highest BCUT2D eigenvalue weighted by Gasteiger charge is 2.21. The molecule has 0 radical (unpaired) electrons. The van der Waals surface area contributed by atoms with Crippen LogP contribution >= 0.6 is 11.6 Å². The molecule has 0 saturated carbocycles. The number of hydrogen-bond donors (Lipinski definition) is 0. The van der Waals surface area contributed by atoms with Crippen LogP contribution in [0.2, 0.25) is 0 Å². The fourth-order valence-corrected chi connectivity index (χ4v) is 1.12. The van der Waals surface area contributed by atoms with Crippen molar-refractivity contribution >= 4 is 11.6 Å². The number of halogens is 1. The van der Waals surface area contributed by atoms with Crippen molar-refractivity contribution in [3.8, 4) is 0 Å². The maximum atomic E-state index is 5.67. The van der Waals surface area contributed by atoms with Crippen molar-refractivity contribution in [3.05, 3.63) is 17.3 Å². The van der Waals surface area contributed by atoms with Crippen molar-refractivity contribution in [1.82, 2.24) is 4.98 Å². The third-order valence-corrected chi connectivity index (χ3v) is 1.91. The molecule has 0 atom stereocenters. The highest BCUT2D eigenvalue weighted by atomic mass is 35.5. The van der Waals surface area contributed by atoms with Crippen LogP contribution in [0.5, 0.6) is 0 Å². The lowest BCUT2D eigenvalue weighted by atomic mass is 9.97. The van der Waals surface area contributed by atoms with Gasteiger partial charge < -0.3 is 4.42 Å². The third-order valence-electron chi connectivity index (χ3n) is 1.66. The quantitative estimate of drug-likeness (QED) is 0.632. The Morgan fingerprint density at radius 3 is 2.25 bits per heavy atom. The Labute approximate surface area is 77.9 Å². The van der Waals surface area contributed by atoms with E-state index in [2.05, 4.69) is 25.8 Å². The molecule has 2 nitrogen and oxygen atoms in total. The van der Waals surface area contributed by atoms with E-state index in [-0.39, 0.29) is 5.41 Å². The zero-order valence-corrected chi connectivity index (χ0v) is 8.70. The van der Waals surface area contributed by atoms with E-state index >= 15 is 0 Å². The molecule has 1 aromatic heterocycles. The number of oxazole rings is 1. The number of aryl methyl sites for hydroxylation is 1. The topological polar surface area (TPSA) is 26.0 Å². The van der Waals surface area contributed by atoms with Gasteiger partial charge in [0.05, 0.1) is 11.6 Å². The molecule has 1 heterocycles. The fourth-order valence-electron chi connectivity index (χ4n) is 0.873. The molecular formula is C9H14ClNO. The van der Waals surface area contributed by atoms with Crippen molar-refractivity contribution < 1.29 is 4.42 Å². The molecule has 0 unspecified atom stereocenters. The van der Waals surface area contributed by atoms with Crippen molar-refractivity contribution in [2.75, 3.05) is 0 Å². The van der Waals surface area contributed by atoms with Crippen LogP contribution in [0.1, 0.15) is 38.1 Å². The van der Waals surface area contributed by atoms with Crippen molar-refractivity contribution in [3.63, 3.8) is 0 Å². The maximum Gasteiger partial charge on any atom is 0.200 e. The predicted molar refractivity (Wildman–Crippen MR) is 49.5 cm³/mol. The summed E-state index contributed by atoms with van der Waals surface area (Å²) in [5.74, 6) is 2.01. The molecule has 0 bridgehead atoms. The first-order valence-corrected chi connectivity index (χ1v) is 4.51. The molecule has 0 N–H and O–H groups in total. The number of rotatable bonds is 1. The standard InChI is InChI=1S/C9H14ClNO/c1-6-7(5-10)11-8(12-6)9(2,3)4/h5H2,1-4H3.